The first kappa shape index (κ1) is 14.1. The number of carbonyl (C=O) groups is 2. The Labute approximate surface area is 119 Å². The van der Waals surface area contributed by atoms with E-state index in [2.05, 4.69) is 21.2 Å². The van der Waals surface area contributed by atoms with Crippen LogP contribution in [0, 0.1) is 0 Å². The average Bonchev–Trinajstić information content (AvgIpc) is 2.85. The summed E-state index contributed by atoms with van der Waals surface area (Å²) in [6.07, 6.45) is 0. The number of amides is 2. The Morgan fingerprint density at radius 3 is 2.68 bits per heavy atom. The highest BCUT2D eigenvalue weighted by Crippen LogP contribution is 2.15. The van der Waals surface area contributed by atoms with Gasteiger partial charge in [0.15, 0.2) is 10.4 Å². The summed E-state index contributed by atoms with van der Waals surface area (Å²) in [5, 5.41) is 3.18. The number of halogens is 1. The topological polar surface area (TPSA) is 65.8 Å². The summed E-state index contributed by atoms with van der Waals surface area (Å²) < 4.78 is 5.68. The van der Waals surface area contributed by atoms with Crippen LogP contribution in [-0.2, 0) is 4.79 Å². The van der Waals surface area contributed by atoms with E-state index in [1.54, 1.807) is 24.1 Å². The molecule has 2 rings (SSSR count). The van der Waals surface area contributed by atoms with E-state index in [9.17, 15) is 9.59 Å². The molecule has 7 heteroatoms. The molecule has 0 aliphatic carbocycles. The van der Waals surface area contributed by atoms with Gasteiger partial charge in [-0.05, 0) is 28.1 Å². The maximum atomic E-state index is 12.0. The van der Waals surface area contributed by atoms with Gasteiger partial charge in [-0.2, -0.15) is 0 Å². The van der Waals surface area contributed by atoms with E-state index in [1.165, 1.54) is 4.90 Å². The van der Waals surface area contributed by atoms with Crippen LogP contribution in [0.3, 0.4) is 0 Å². The summed E-state index contributed by atoms with van der Waals surface area (Å²) in [6.45, 7) is 3.04. The molecule has 0 aromatic carbocycles. The molecular formula is C12H16BrN3O3. The molecule has 2 amide bonds. The minimum absolute atomic E-state index is 0.0389. The molecule has 104 valence electrons. The van der Waals surface area contributed by atoms with Gasteiger partial charge < -0.3 is 19.5 Å². The van der Waals surface area contributed by atoms with E-state index in [4.69, 9.17) is 4.42 Å². The number of hydrogen-bond donors (Lipinski definition) is 1. The zero-order chi connectivity index (χ0) is 13.8. The van der Waals surface area contributed by atoms with Gasteiger partial charge in [0.05, 0.1) is 6.54 Å². The number of piperazine rings is 1. The van der Waals surface area contributed by atoms with Crippen molar-refractivity contribution in [2.24, 2.45) is 0 Å². The Bertz CT molecular complexity index is 469. The van der Waals surface area contributed by atoms with E-state index in [-0.39, 0.29) is 24.1 Å². The summed E-state index contributed by atoms with van der Waals surface area (Å²) in [6, 6.07) is 3.23. The summed E-state index contributed by atoms with van der Waals surface area (Å²) >= 11 is 3.14. The minimum Gasteiger partial charge on any atom is -0.444 e. The standard InChI is InChI=1S/C12H16BrN3O3/c1-15(12(18)9-2-3-10(13)19-9)8-11(17)16-6-4-14-5-7-16/h2-3,14H,4-8H2,1H3. The van der Waals surface area contributed by atoms with Crippen LogP contribution in [0.4, 0.5) is 0 Å². The smallest absolute Gasteiger partial charge is 0.289 e. The predicted molar refractivity (Wildman–Crippen MR) is 72.8 cm³/mol. The SMILES string of the molecule is CN(CC(=O)N1CCNCC1)C(=O)c1ccc(Br)o1. The van der Waals surface area contributed by atoms with Crippen LogP contribution in [0.1, 0.15) is 10.6 Å². The first-order valence-electron chi connectivity index (χ1n) is 6.07. The Hall–Kier alpha value is -1.34. The maximum Gasteiger partial charge on any atom is 0.289 e. The molecule has 2 heterocycles. The summed E-state index contributed by atoms with van der Waals surface area (Å²) in [7, 11) is 1.60. The third-order valence-corrected chi connectivity index (χ3v) is 3.40. The second-order valence-corrected chi connectivity index (χ2v) is 5.18. The maximum absolute atomic E-state index is 12.0. The number of furan rings is 1. The third-order valence-electron chi connectivity index (χ3n) is 2.97. The molecule has 0 bridgehead atoms. The Morgan fingerprint density at radius 2 is 2.11 bits per heavy atom. The lowest BCUT2D eigenvalue weighted by atomic mass is 10.3. The van der Waals surface area contributed by atoms with Crippen molar-refractivity contribution in [3.05, 3.63) is 22.6 Å². The van der Waals surface area contributed by atoms with Gasteiger partial charge in [0.25, 0.3) is 5.91 Å². The lowest BCUT2D eigenvalue weighted by Gasteiger charge is -2.29. The monoisotopic (exact) mass is 329 g/mol. The molecule has 1 aliphatic rings. The lowest BCUT2D eigenvalue weighted by Crippen LogP contribution is -2.49. The fourth-order valence-corrected chi connectivity index (χ4v) is 2.21. The van der Waals surface area contributed by atoms with Crippen molar-refractivity contribution in [3.8, 4) is 0 Å². The third kappa shape index (κ3) is 3.57. The summed E-state index contributed by atoms with van der Waals surface area (Å²) in [5.41, 5.74) is 0. The first-order chi connectivity index (χ1) is 9.08. The van der Waals surface area contributed by atoms with E-state index in [0.717, 1.165) is 13.1 Å². The molecule has 1 saturated heterocycles. The highest BCUT2D eigenvalue weighted by molar-refractivity contribution is 9.10. The van der Waals surface area contributed by atoms with Crippen LogP contribution in [0.2, 0.25) is 0 Å². The van der Waals surface area contributed by atoms with Gasteiger partial charge in [-0.25, -0.2) is 0 Å². The highest BCUT2D eigenvalue weighted by atomic mass is 79.9. The normalized spacial score (nSPS) is 15.4. The molecule has 0 unspecified atom stereocenters. The fraction of sp³-hybridized carbons (Fsp3) is 0.500. The van der Waals surface area contributed by atoms with Gasteiger partial charge in [-0.1, -0.05) is 0 Å². The van der Waals surface area contributed by atoms with E-state index >= 15 is 0 Å². The molecule has 1 aliphatic heterocycles. The second-order valence-electron chi connectivity index (χ2n) is 4.40. The lowest BCUT2D eigenvalue weighted by molar-refractivity contribution is -0.132. The fourth-order valence-electron chi connectivity index (χ4n) is 1.91. The van der Waals surface area contributed by atoms with Gasteiger partial charge in [0, 0.05) is 33.2 Å². The Balaban J connectivity index is 1.91. The zero-order valence-corrected chi connectivity index (χ0v) is 12.3. The zero-order valence-electron chi connectivity index (χ0n) is 10.7. The van der Waals surface area contributed by atoms with Gasteiger partial charge in [0.2, 0.25) is 5.91 Å². The Morgan fingerprint density at radius 1 is 1.42 bits per heavy atom. The predicted octanol–water partition coefficient (Wildman–Crippen LogP) is 0.546. The summed E-state index contributed by atoms with van der Waals surface area (Å²) in [4.78, 5) is 27.2. The minimum atomic E-state index is -0.297. The van der Waals surface area contributed by atoms with Crippen molar-refractivity contribution in [1.82, 2.24) is 15.1 Å². The van der Waals surface area contributed by atoms with Crippen molar-refractivity contribution in [3.63, 3.8) is 0 Å². The summed E-state index contributed by atoms with van der Waals surface area (Å²) in [5.74, 6) is -0.111. The number of nitrogens with one attached hydrogen (secondary N) is 1. The molecule has 1 N–H and O–H groups in total. The molecule has 0 spiro atoms. The molecule has 1 fully saturated rings. The van der Waals surface area contributed by atoms with E-state index in [1.807, 2.05) is 0 Å². The largest absolute Gasteiger partial charge is 0.444 e. The van der Waals surface area contributed by atoms with Crippen molar-refractivity contribution in [1.29, 1.82) is 0 Å². The number of likely N-dealkylation sites (N-methyl/N-ethyl adjacent to an activating group) is 1. The molecule has 1 aromatic heterocycles. The van der Waals surface area contributed by atoms with Crippen LogP contribution in [0.15, 0.2) is 21.2 Å². The number of carbonyl (C=O) groups excluding carboxylic acids is 2. The van der Waals surface area contributed by atoms with E-state index in [0.29, 0.717) is 17.8 Å². The van der Waals surface area contributed by atoms with Gasteiger partial charge in [0.1, 0.15) is 0 Å². The quantitative estimate of drug-likeness (QED) is 0.879. The van der Waals surface area contributed by atoms with Gasteiger partial charge in [-0.3, -0.25) is 9.59 Å². The molecule has 6 nitrogen and oxygen atoms in total. The van der Waals surface area contributed by atoms with Crippen molar-refractivity contribution in [2.75, 3.05) is 39.8 Å². The number of hydrogen-bond acceptors (Lipinski definition) is 4. The van der Waals surface area contributed by atoms with Crippen LogP contribution in [0.25, 0.3) is 0 Å². The molecule has 19 heavy (non-hydrogen) atoms. The molecular weight excluding hydrogens is 314 g/mol. The van der Waals surface area contributed by atoms with Gasteiger partial charge >= 0.3 is 0 Å². The molecule has 0 atom stereocenters. The molecule has 1 aromatic rings. The van der Waals surface area contributed by atoms with Crippen molar-refractivity contribution >= 4 is 27.7 Å². The van der Waals surface area contributed by atoms with Crippen LogP contribution in [-0.4, -0.2) is 61.4 Å². The molecule has 0 radical (unpaired) electrons. The second kappa shape index (κ2) is 6.21. The van der Waals surface area contributed by atoms with E-state index < -0.39 is 0 Å². The van der Waals surface area contributed by atoms with Crippen molar-refractivity contribution in [2.45, 2.75) is 0 Å². The Kier molecular flexibility index (Phi) is 4.60. The van der Waals surface area contributed by atoms with Crippen LogP contribution < -0.4 is 5.32 Å². The first-order valence-corrected chi connectivity index (χ1v) is 6.86. The number of nitrogens with zero attached hydrogens (tertiary/aromatic N) is 2. The highest BCUT2D eigenvalue weighted by Gasteiger charge is 2.22. The van der Waals surface area contributed by atoms with Crippen molar-refractivity contribution < 1.29 is 14.0 Å². The van der Waals surface area contributed by atoms with Crippen LogP contribution in [0.5, 0.6) is 0 Å². The van der Waals surface area contributed by atoms with Gasteiger partial charge in [-0.15, -0.1) is 0 Å². The number of rotatable bonds is 3. The molecule has 0 saturated carbocycles. The van der Waals surface area contributed by atoms with Crippen LogP contribution >= 0.6 is 15.9 Å². The average molecular weight is 330 g/mol.